The van der Waals surface area contributed by atoms with Gasteiger partial charge in [0.05, 0.1) is 0 Å². The van der Waals surface area contributed by atoms with Crippen LogP contribution < -0.4 is 5.32 Å². The van der Waals surface area contributed by atoms with Crippen molar-refractivity contribution in [2.45, 2.75) is 20.3 Å². The minimum absolute atomic E-state index is 0.0861. The van der Waals surface area contributed by atoms with Gasteiger partial charge >= 0.3 is 5.97 Å². The van der Waals surface area contributed by atoms with Gasteiger partial charge in [0.25, 0.3) is 5.91 Å². The second-order valence-corrected chi connectivity index (χ2v) is 6.32. The Kier molecular flexibility index (Phi) is 4.40. The van der Waals surface area contributed by atoms with Gasteiger partial charge in [0.1, 0.15) is 5.01 Å². The van der Waals surface area contributed by atoms with Crippen LogP contribution in [0.1, 0.15) is 39.1 Å². The number of aromatic nitrogens is 3. The Morgan fingerprint density at radius 2 is 2.15 bits per heavy atom. The zero-order chi connectivity index (χ0) is 14.7. The number of carboxylic acid groups (broad SMARTS) is 1. The molecule has 0 atom stereocenters. The molecule has 9 heteroatoms. The average molecular weight is 312 g/mol. The van der Waals surface area contributed by atoms with Crippen molar-refractivity contribution in [3.8, 4) is 0 Å². The summed E-state index contributed by atoms with van der Waals surface area (Å²) in [5, 5.41) is 21.8. The Hall–Kier alpha value is -1.87. The third-order valence-corrected chi connectivity index (χ3v) is 3.89. The van der Waals surface area contributed by atoms with Crippen LogP contribution in [0.3, 0.4) is 0 Å². The van der Waals surface area contributed by atoms with E-state index in [1.165, 1.54) is 16.7 Å². The number of carbonyl (C=O) groups is 2. The number of amides is 1. The van der Waals surface area contributed by atoms with Gasteiger partial charge in [0, 0.05) is 11.8 Å². The van der Waals surface area contributed by atoms with Gasteiger partial charge in [-0.25, -0.2) is 9.78 Å². The van der Waals surface area contributed by atoms with E-state index in [0.29, 0.717) is 11.0 Å². The summed E-state index contributed by atoms with van der Waals surface area (Å²) in [4.78, 5) is 26.3. The predicted octanol–water partition coefficient (Wildman–Crippen LogP) is 2.14. The van der Waals surface area contributed by atoms with E-state index < -0.39 is 11.9 Å². The Morgan fingerprint density at radius 1 is 1.40 bits per heavy atom. The monoisotopic (exact) mass is 312 g/mol. The second-order valence-electron chi connectivity index (χ2n) is 4.40. The van der Waals surface area contributed by atoms with Crippen molar-refractivity contribution < 1.29 is 14.7 Å². The Bertz CT molecular complexity index is 635. The lowest BCUT2D eigenvalue weighted by molar-refractivity contribution is 0.0691. The van der Waals surface area contributed by atoms with Gasteiger partial charge < -0.3 is 5.11 Å². The molecule has 1 amide bonds. The first kappa shape index (κ1) is 14.5. The van der Waals surface area contributed by atoms with Crippen molar-refractivity contribution in [1.82, 2.24) is 15.2 Å². The summed E-state index contributed by atoms with van der Waals surface area (Å²) in [6.45, 7) is 4.14. The molecule has 0 bridgehead atoms. The summed E-state index contributed by atoms with van der Waals surface area (Å²) in [6, 6.07) is 0. The molecule has 106 valence electrons. The van der Waals surface area contributed by atoms with Crippen LogP contribution >= 0.6 is 22.7 Å². The van der Waals surface area contributed by atoms with E-state index in [9.17, 15) is 9.59 Å². The molecular formula is C11H12N4O3S2. The molecule has 0 spiro atoms. The number of hydrogen-bond acceptors (Lipinski definition) is 7. The molecule has 2 N–H and O–H groups in total. The van der Waals surface area contributed by atoms with E-state index in [1.54, 1.807) is 0 Å². The molecule has 0 aliphatic rings. The van der Waals surface area contributed by atoms with E-state index in [0.717, 1.165) is 22.8 Å². The van der Waals surface area contributed by atoms with E-state index in [1.807, 2.05) is 0 Å². The van der Waals surface area contributed by atoms with Gasteiger partial charge in [-0.3, -0.25) is 10.1 Å². The lowest BCUT2D eigenvalue weighted by Crippen LogP contribution is -2.12. The van der Waals surface area contributed by atoms with Gasteiger partial charge in [-0.05, 0) is 5.92 Å². The number of thiazole rings is 1. The lowest BCUT2D eigenvalue weighted by Gasteiger charge is -1.97. The Balaban J connectivity index is 2.03. The molecule has 0 aliphatic carbocycles. The van der Waals surface area contributed by atoms with Gasteiger partial charge in [-0.1, -0.05) is 25.2 Å². The molecule has 0 aromatic carbocycles. The van der Waals surface area contributed by atoms with Gasteiger partial charge in [0.15, 0.2) is 10.7 Å². The molecule has 2 aromatic rings. The third kappa shape index (κ3) is 3.58. The number of aromatic carboxylic acids is 1. The molecular weight excluding hydrogens is 300 g/mol. The van der Waals surface area contributed by atoms with Crippen LogP contribution in [0.25, 0.3) is 0 Å². The van der Waals surface area contributed by atoms with Crippen molar-refractivity contribution in [3.05, 3.63) is 21.1 Å². The summed E-state index contributed by atoms with van der Waals surface area (Å²) in [7, 11) is 0. The highest BCUT2D eigenvalue weighted by Crippen LogP contribution is 2.19. The molecule has 2 rings (SSSR count). The maximum atomic E-state index is 11.9. The average Bonchev–Trinajstić information content (AvgIpc) is 2.97. The minimum Gasteiger partial charge on any atom is -0.476 e. The number of carbonyl (C=O) groups excluding carboxylic acids is 1. The quantitative estimate of drug-likeness (QED) is 0.876. The first-order chi connectivity index (χ1) is 9.45. The van der Waals surface area contributed by atoms with Crippen molar-refractivity contribution in [3.63, 3.8) is 0 Å². The van der Waals surface area contributed by atoms with E-state index in [-0.39, 0.29) is 10.7 Å². The molecule has 2 aromatic heterocycles. The zero-order valence-corrected chi connectivity index (χ0v) is 12.4. The zero-order valence-electron chi connectivity index (χ0n) is 10.8. The van der Waals surface area contributed by atoms with Crippen LogP contribution in [0, 0.1) is 5.92 Å². The van der Waals surface area contributed by atoms with Crippen molar-refractivity contribution in [1.29, 1.82) is 0 Å². The van der Waals surface area contributed by atoms with Crippen LogP contribution in [-0.2, 0) is 6.42 Å². The molecule has 0 saturated carbocycles. The third-order valence-electron chi connectivity index (χ3n) is 2.19. The normalized spacial score (nSPS) is 10.8. The number of carboxylic acids is 1. The van der Waals surface area contributed by atoms with Crippen molar-refractivity contribution in [2.24, 2.45) is 5.92 Å². The molecule has 0 aliphatic heterocycles. The van der Waals surface area contributed by atoms with Gasteiger partial charge in [-0.2, -0.15) is 0 Å². The van der Waals surface area contributed by atoms with Crippen molar-refractivity contribution >= 4 is 39.7 Å². The minimum atomic E-state index is -1.16. The molecule has 2 heterocycles. The molecule has 20 heavy (non-hydrogen) atoms. The second kappa shape index (κ2) is 6.06. The first-order valence-corrected chi connectivity index (χ1v) is 7.48. The Morgan fingerprint density at radius 3 is 2.75 bits per heavy atom. The summed E-state index contributed by atoms with van der Waals surface area (Å²) >= 11 is 2.28. The summed E-state index contributed by atoms with van der Waals surface area (Å²) in [6.07, 6.45) is 0.800. The molecule has 0 fully saturated rings. The number of nitrogens with zero attached hydrogens (tertiary/aromatic N) is 3. The predicted molar refractivity (Wildman–Crippen MR) is 75.5 cm³/mol. The number of rotatable bonds is 5. The van der Waals surface area contributed by atoms with Gasteiger partial charge in [-0.15, -0.1) is 21.5 Å². The highest BCUT2D eigenvalue weighted by atomic mass is 32.1. The molecule has 7 nitrogen and oxygen atoms in total. The number of hydrogen-bond donors (Lipinski definition) is 2. The van der Waals surface area contributed by atoms with Crippen molar-refractivity contribution in [2.75, 3.05) is 5.32 Å². The van der Waals surface area contributed by atoms with Crippen LogP contribution in [0.15, 0.2) is 5.38 Å². The highest BCUT2D eigenvalue weighted by Gasteiger charge is 2.16. The van der Waals surface area contributed by atoms with Crippen LogP contribution in [0.4, 0.5) is 5.13 Å². The Labute approximate surface area is 122 Å². The molecule has 0 saturated heterocycles. The van der Waals surface area contributed by atoms with Crippen LogP contribution in [-0.4, -0.2) is 32.2 Å². The lowest BCUT2D eigenvalue weighted by atomic mass is 10.1. The van der Waals surface area contributed by atoms with Crippen LogP contribution in [0.2, 0.25) is 0 Å². The fourth-order valence-electron chi connectivity index (χ4n) is 1.36. The topological polar surface area (TPSA) is 105 Å². The molecule has 0 radical (unpaired) electrons. The summed E-state index contributed by atoms with van der Waals surface area (Å²) < 4.78 is 0. The SMILES string of the molecule is CC(C)Cc1nnc(NC(=O)c2nc(C(=O)O)cs2)s1. The summed E-state index contributed by atoms with van der Waals surface area (Å²) in [5.41, 5.74) is -0.141. The maximum absolute atomic E-state index is 11.9. The largest absolute Gasteiger partial charge is 0.476 e. The maximum Gasteiger partial charge on any atom is 0.355 e. The van der Waals surface area contributed by atoms with E-state index in [4.69, 9.17) is 5.11 Å². The number of nitrogens with one attached hydrogen (secondary N) is 1. The smallest absolute Gasteiger partial charge is 0.355 e. The standard InChI is InChI=1S/C11H12N4O3S2/c1-5(2)3-7-14-15-11(20-7)13-8(16)9-12-6(4-19-9)10(17)18/h4-5H,3H2,1-2H3,(H,17,18)(H,13,15,16). The van der Waals surface area contributed by atoms with E-state index in [2.05, 4.69) is 34.3 Å². The van der Waals surface area contributed by atoms with E-state index >= 15 is 0 Å². The molecule has 0 unspecified atom stereocenters. The van der Waals surface area contributed by atoms with Gasteiger partial charge in [0.2, 0.25) is 5.13 Å². The number of anilines is 1. The first-order valence-electron chi connectivity index (χ1n) is 5.78. The summed E-state index contributed by atoms with van der Waals surface area (Å²) in [5.74, 6) is -1.17. The van der Waals surface area contributed by atoms with Crippen LogP contribution in [0.5, 0.6) is 0 Å². The highest BCUT2D eigenvalue weighted by molar-refractivity contribution is 7.15. The fraction of sp³-hybridized carbons (Fsp3) is 0.364. The fourth-order valence-corrected chi connectivity index (χ4v) is 3.00.